The van der Waals surface area contributed by atoms with Crippen molar-refractivity contribution >= 4 is 28.9 Å². The standard InChI is InChI=1S/C21H18F2N4O/c1-12-10-17-19(18(28)11-12)20(24-15-6-2-13(22)3-7-15)27-21(26-17)25-16-8-4-14(23)5-9-16/h2-9,12H,10-11H2,1H3,(H2,24,25,26,27). The van der Waals surface area contributed by atoms with Crippen LogP contribution in [0.15, 0.2) is 48.5 Å². The van der Waals surface area contributed by atoms with Gasteiger partial charge in [-0.1, -0.05) is 6.92 Å². The van der Waals surface area contributed by atoms with E-state index in [4.69, 9.17) is 0 Å². The van der Waals surface area contributed by atoms with E-state index in [0.29, 0.717) is 47.2 Å². The zero-order valence-corrected chi connectivity index (χ0v) is 15.2. The van der Waals surface area contributed by atoms with Crippen LogP contribution in [-0.2, 0) is 6.42 Å². The van der Waals surface area contributed by atoms with E-state index in [9.17, 15) is 13.6 Å². The Hall–Kier alpha value is -3.35. The molecule has 0 fully saturated rings. The van der Waals surface area contributed by atoms with Crippen LogP contribution in [0.2, 0.25) is 0 Å². The summed E-state index contributed by atoms with van der Waals surface area (Å²) in [6.45, 7) is 2.00. The molecule has 2 aromatic carbocycles. The Morgan fingerprint density at radius 2 is 1.43 bits per heavy atom. The number of ketones is 1. The van der Waals surface area contributed by atoms with Crippen molar-refractivity contribution in [1.82, 2.24) is 9.97 Å². The Morgan fingerprint density at radius 1 is 0.857 bits per heavy atom. The van der Waals surface area contributed by atoms with Gasteiger partial charge in [-0.15, -0.1) is 0 Å². The summed E-state index contributed by atoms with van der Waals surface area (Å²) in [5, 5.41) is 6.15. The molecule has 0 bridgehead atoms. The third kappa shape index (κ3) is 3.83. The number of benzene rings is 2. The van der Waals surface area contributed by atoms with E-state index in [0.717, 1.165) is 0 Å². The zero-order valence-electron chi connectivity index (χ0n) is 15.2. The topological polar surface area (TPSA) is 66.9 Å². The Labute approximate surface area is 160 Å². The molecule has 1 heterocycles. The number of fused-ring (bicyclic) bond motifs is 1. The fraction of sp³-hybridized carbons (Fsp3) is 0.190. The molecule has 0 amide bonds. The first kappa shape index (κ1) is 18.0. The highest BCUT2D eigenvalue weighted by Crippen LogP contribution is 2.32. The summed E-state index contributed by atoms with van der Waals surface area (Å²) in [6, 6.07) is 11.7. The second kappa shape index (κ2) is 7.34. The molecule has 0 saturated carbocycles. The van der Waals surface area contributed by atoms with Gasteiger partial charge >= 0.3 is 0 Å². The SMILES string of the molecule is CC1CC(=O)c2c(nc(Nc3ccc(F)cc3)nc2Nc2ccc(F)cc2)C1. The fourth-order valence-corrected chi connectivity index (χ4v) is 3.25. The molecular weight excluding hydrogens is 362 g/mol. The van der Waals surface area contributed by atoms with Crippen LogP contribution in [-0.4, -0.2) is 15.8 Å². The van der Waals surface area contributed by atoms with Gasteiger partial charge in [0.15, 0.2) is 5.78 Å². The molecule has 5 nitrogen and oxygen atoms in total. The van der Waals surface area contributed by atoms with Crippen molar-refractivity contribution in [3.8, 4) is 0 Å². The zero-order chi connectivity index (χ0) is 19.7. The molecule has 0 saturated heterocycles. The lowest BCUT2D eigenvalue weighted by atomic mass is 9.87. The van der Waals surface area contributed by atoms with Crippen molar-refractivity contribution in [2.75, 3.05) is 10.6 Å². The molecule has 0 spiro atoms. The van der Waals surface area contributed by atoms with Crippen molar-refractivity contribution in [1.29, 1.82) is 0 Å². The summed E-state index contributed by atoms with van der Waals surface area (Å²) < 4.78 is 26.3. The highest BCUT2D eigenvalue weighted by atomic mass is 19.1. The molecule has 7 heteroatoms. The molecule has 1 aliphatic rings. The second-order valence-electron chi connectivity index (χ2n) is 6.92. The molecule has 3 aromatic rings. The van der Waals surface area contributed by atoms with Gasteiger partial charge < -0.3 is 10.6 Å². The van der Waals surface area contributed by atoms with E-state index in [1.807, 2.05) is 6.92 Å². The second-order valence-corrected chi connectivity index (χ2v) is 6.92. The van der Waals surface area contributed by atoms with Gasteiger partial charge in [0.2, 0.25) is 5.95 Å². The maximum Gasteiger partial charge on any atom is 0.229 e. The minimum Gasteiger partial charge on any atom is -0.339 e. The molecule has 2 N–H and O–H groups in total. The normalized spacial score (nSPS) is 15.8. The first-order chi connectivity index (χ1) is 13.5. The predicted molar refractivity (Wildman–Crippen MR) is 103 cm³/mol. The van der Waals surface area contributed by atoms with Crippen molar-refractivity contribution in [2.45, 2.75) is 19.8 Å². The van der Waals surface area contributed by atoms with E-state index < -0.39 is 0 Å². The summed E-state index contributed by atoms with van der Waals surface area (Å²) in [7, 11) is 0. The number of carbonyl (C=O) groups excluding carboxylic acids is 1. The van der Waals surface area contributed by atoms with Crippen LogP contribution in [0, 0.1) is 17.6 Å². The summed E-state index contributed by atoms with van der Waals surface area (Å²) >= 11 is 0. The Kier molecular flexibility index (Phi) is 4.73. The maximum absolute atomic E-state index is 13.2. The molecule has 142 valence electrons. The Morgan fingerprint density at radius 3 is 2.04 bits per heavy atom. The predicted octanol–water partition coefficient (Wildman–Crippen LogP) is 5.01. The summed E-state index contributed by atoms with van der Waals surface area (Å²) in [5.41, 5.74) is 2.37. The van der Waals surface area contributed by atoms with Crippen molar-refractivity contribution < 1.29 is 13.6 Å². The largest absolute Gasteiger partial charge is 0.339 e. The lowest BCUT2D eigenvalue weighted by molar-refractivity contribution is 0.0952. The minimum atomic E-state index is -0.348. The lowest BCUT2D eigenvalue weighted by Gasteiger charge is -2.23. The molecular formula is C21H18F2N4O. The molecule has 1 aliphatic carbocycles. The first-order valence-electron chi connectivity index (χ1n) is 8.97. The lowest BCUT2D eigenvalue weighted by Crippen LogP contribution is -2.22. The average Bonchev–Trinajstić information content (AvgIpc) is 2.65. The van der Waals surface area contributed by atoms with Crippen LogP contribution >= 0.6 is 0 Å². The summed E-state index contributed by atoms with van der Waals surface area (Å²) in [6.07, 6.45) is 1.08. The minimum absolute atomic E-state index is 0.0216. The van der Waals surface area contributed by atoms with Crippen molar-refractivity contribution in [2.24, 2.45) is 5.92 Å². The van der Waals surface area contributed by atoms with Gasteiger partial charge in [0.25, 0.3) is 0 Å². The monoisotopic (exact) mass is 380 g/mol. The van der Waals surface area contributed by atoms with Crippen LogP contribution in [0.3, 0.4) is 0 Å². The fourth-order valence-electron chi connectivity index (χ4n) is 3.25. The third-order valence-corrected chi connectivity index (χ3v) is 4.55. The van der Waals surface area contributed by atoms with Crippen molar-refractivity contribution in [3.05, 3.63) is 71.4 Å². The number of aromatic nitrogens is 2. The smallest absolute Gasteiger partial charge is 0.229 e. The van der Waals surface area contributed by atoms with Gasteiger partial charge in [0.05, 0.1) is 11.3 Å². The molecule has 28 heavy (non-hydrogen) atoms. The van der Waals surface area contributed by atoms with E-state index in [1.54, 1.807) is 24.3 Å². The van der Waals surface area contributed by atoms with Crippen LogP contribution in [0.1, 0.15) is 29.4 Å². The summed E-state index contributed by atoms with van der Waals surface area (Å²) in [5.74, 6) is 0.155. The van der Waals surface area contributed by atoms with Gasteiger partial charge in [-0.05, 0) is 60.9 Å². The number of hydrogen-bond acceptors (Lipinski definition) is 5. The van der Waals surface area contributed by atoms with Gasteiger partial charge in [0, 0.05) is 17.8 Å². The third-order valence-electron chi connectivity index (χ3n) is 4.55. The number of halogens is 2. The molecule has 4 rings (SSSR count). The van der Waals surface area contributed by atoms with E-state index in [1.165, 1.54) is 24.3 Å². The molecule has 0 radical (unpaired) electrons. The molecule has 1 atom stereocenters. The molecule has 1 unspecified atom stereocenters. The van der Waals surface area contributed by atoms with Gasteiger partial charge in [-0.2, -0.15) is 4.98 Å². The number of nitrogens with zero attached hydrogens (tertiary/aromatic N) is 2. The van der Waals surface area contributed by atoms with Gasteiger partial charge in [-0.3, -0.25) is 4.79 Å². The number of carbonyl (C=O) groups is 1. The quantitative estimate of drug-likeness (QED) is 0.666. The van der Waals surface area contributed by atoms with E-state index in [2.05, 4.69) is 20.6 Å². The van der Waals surface area contributed by atoms with Gasteiger partial charge in [0.1, 0.15) is 17.5 Å². The van der Waals surface area contributed by atoms with Crippen molar-refractivity contribution in [3.63, 3.8) is 0 Å². The highest BCUT2D eigenvalue weighted by Gasteiger charge is 2.28. The van der Waals surface area contributed by atoms with Crippen LogP contribution in [0.4, 0.5) is 31.9 Å². The average molecular weight is 380 g/mol. The Bertz CT molecular complexity index is 1020. The Balaban J connectivity index is 1.73. The number of Topliss-reactive ketones (excluding diaryl/α,β-unsaturated/α-hetero) is 1. The van der Waals surface area contributed by atoms with Gasteiger partial charge in [-0.25, -0.2) is 13.8 Å². The van der Waals surface area contributed by atoms with Crippen LogP contribution < -0.4 is 10.6 Å². The number of nitrogens with one attached hydrogen (secondary N) is 2. The maximum atomic E-state index is 13.2. The number of anilines is 4. The van der Waals surface area contributed by atoms with E-state index in [-0.39, 0.29) is 23.3 Å². The first-order valence-corrected chi connectivity index (χ1v) is 8.97. The highest BCUT2D eigenvalue weighted by molar-refractivity contribution is 6.03. The number of rotatable bonds is 4. The van der Waals surface area contributed by atoms with Crippen LogP contribution in [0.25, 0.3) is 0 Å². The summed E-state index contributed by atoms with van der Waals surface area (Å²) in [4.78, 5) is 21.6. The number of hydrogen-bond donors (Lipinski definition) is 2. The van der Waals surface area contributed by atoms with E-state index >= 15 is 0 Å². The molecule has 0 aliphatic heterocycles. The van der Waals surface area contributed by atoms with Crippen LogP contribution in [0.5, 0.6) is 0 Å². The molecule has 1 aromatic heterocycles.